The van der Waals surface area contributed by atoms with Gasteiger partial charge < -0.3 is 10.0 Å². The molecule has 0 aliphatic carbocycles. The number of rotatable bonds is 7. The van der Waals surface area contributed by atoms with Gasteiger partial charge in [0.05, 0.1) is 23.0 Å². The number of carboxylic acids is 1. The molecule has 1 atom stereocenters. The van der Waals surface area contributed by atoms with Gasteiger partial charge in [-0.15, -0.1) is 11.8 Å². The summed E-state index contributed by atoms with van der Waals surface area (Å²) in [5, 5.41) is 8.89. The summed E-state index contributed by atoms with van der Waals surface area (Å²) in [6.45, 7) is 4.88. The number of hydrogen-bond acceptors (Lipinski definition) is 3. The van der Waals surface area contributed by atoms with E-state index in [-0.39, 0.29) is 16.7 Å². The molecule has 0 radical (unpaired) electrons. The van der Waals surface area contributed by atoms with E-state index < -0.39 is 5.97 Å². The molecule has 1 heterocycles. The average Bonchev–Trinajstić information content (AvgIpc) is 2.82. The molecule has 1 aliphatic heterocycles. The number of amides is 1. The average molecular weight is 446 g/mol. The number of nitrogens with zero attached hydrogens (tertiary/aromatic N) is 1. The maximum absolute atomic E-state index is 13.7. The van der Waals surface area contributed by atoms with Crippen molar-refractivity contribution in [3.05, 3.63) is 94.5 Å². The molecule has 1 unspecified atom stereocenters. The number of thioether (sulfide) groups is 1. The fourth-order valence-corrected chi connectivity index (χ4v) is 5.54. The monoisotopic (exact) mass is 445 g/mol. The van der Waals surface area contributed by atoms with E-state index in [1.807, 2.05) is 35.2 Å². The lowest BCUT2D eigenvalue weighted by atomic mass is 9.96. The number of carbonyl (C=O) groups excluding carboxylic acids is 1. The highest BCUT2D eigenvalue weighted by atomic mass is 32.2. The molecule has 0 saturated heterocycles. The van der Waals surface area contributed by atoms with Gasteiger partial charge in [-0.25, -0.2) is 4.79 Å². The van der Waals surface area contributed by atoms with Gasteiger partial charge in [0.2, 0.25) is 5.91 Å². The van der Waals surface area contributed by atoms with Crippen molar-refractivity contribution in [1.29, 1.82) is 0 Å². The molecule has 0 bridgehead atoms. The molecule has 3 aromatic carbocycles. The summed E-state index contributed by atoms with van der Waals surface area (Å²) in [6.07, 6.45) is 2.42. The summed E-state index contributed by atoms with van der Waals surface area (Å²) in [7, 11) is 0. The Morgan fingerprint density at radius 1 is 0.938 bits per heavy atom. The normalized spacial score (nSPS) is 15.5. The van der Waals surface area contributed by atoms with Crippen LogP contribution in [0.1, 0.15) is 46.5 Å². The van der Waals surface area contributed by atoms with Gasteiger partial charge in [0.25, 0.3) is 0 Å². The lowest BCUT2D eigenvalue weighted by Crippen LogP contribution is -2.41. The van der Waals surface area contributed by atoms with Crippen molar-refractivity contribution in [2.45, 2.75) is 49.8 Å². The minimum atomic E-state index is -0.943. The molecule has 1 N–H and O–H groups in total. The number of carboxylic acid groups (broad SMARTS) is 1. The van der Waals surface area contributed by atoms with E-state index in [9.17, 15) is 9.59 Å². The molecular formula is C27H27NO3S. The Hall–Kier alpha value is -3.05. The van der Waals surface area contributed by atoms with Crippen LogP contribution in [0.2, 0.25) is 0 Å². The van der Waals surface area contributed by atoms with Crippen LogP contribution < -0.4 is 4.90 Å². The molecule has 164 valence electrons. The number of aromatic carboxylic acids is 1. The second-order valence-electron chi connectivity index (χ2n) is 7.97. The van der Waals surface area contributed by atoms with Crippen molar-refractivity contribution >= 4 is 29.3 Å². The summed E-state index contributed by atoms with van der Waals surface area (Å²) < 4.78 is 0. The Balaban J connectivity index is 1.67. The largest absolute Gasteiger partial charge is 0.478 e. The lowest BCUT2D eigenvalue weighted by molar-refractivity contribution is -0.118. The van der Waals surface area contributed by atoms with Gasteiger partial charge in [-0.05, 0) is 65.8 Å². The molecule has 0 fully saturated rings. The fraction of sp³-hybridized carbons (Fsp3) is 0.259. The first-order chi connectivity index (χ1) is 15.5. The minimum Gasteiger partial charge on any atom is -0.478 e. The van der Waals surface area contributed by atoms with E-state index in [0.29, 0.717) is 13.0 Å². The van der Waals surface area contributed by atoms with Gasteiger partial charge >= 0.3 is 5.97 Å². The third kappa shape index (κ3) is 4.44. The SMILES string of the molecule is CCc1cccc(CC)c1CN1C(=O)C(Cc2ccc(C(=O)O)cc2)Sc2ccccc21. The zero-order valence-electron chi connectivity index (χ0n) is 18.4. The van der Waals surface area contributed by atoms with E-state index in [0.717, 1.165) is 29.0 Å². The fourth-order valence-electron chi connectivity index (χ4n) is 4.28. The second-order valence-corrected chi connectivity index (χ2v) is 9.21. The van der Waals surface area contributed by atoms with Crippen LogP contribution in [0.3, 0.4) is 0 Å². The van der Waals surface area contributed by atoms with Gasteiger partial charge in [-0.3, -0.25) is 4.79 Å². The summed E-state index contributed by atoms with van der Waals surface area (Å²) >= 11 is 1.60. The quantitative estimate of drug-likeness (QED) is 0.502. The highest BCUT2D eigenvalue weighted by molar-refractivity contribution is 8.01. The number of benzene rings is 3. The minimum absolute atomic E-state index is 0.101. The standard InChI is InChI=1S/C27H27NO3S/c1-3-19-8-7-9-20(4-2)22(19)17-28-23-10-5-6-11-24(23)32-25(26(28)29)16-18-12-14-21(15-13-18)27(30)31/h5-15,25H,3-4,16-17H2,1-2H3,(H,30,31). The third-order valence-corrected chi connectivity index (χ3v) is 7.29. The molecule has 0 aromatic heterocycles. The first kappa shape index (κ1) is 22.2. The summed E-state index contributed by atoms with van der Waals surface area (Å²) in [6, 6.07) is 21.3. The first-order valence-corrected chi connectivity index (χ1v) is 11.9. The van der Waals surface area contributed by atoms with E-state index in [2.05, 4.69) is 38.1 Å². The van der Waals surface area contributed by atoms with E-state index in [4.69, 9.17) is 5.11 Å². The van der Waals surface area contributed by atoms with Crippen LogP contribution in [0.25, 0.3) is 0 Å². The summed E-state index contributed by atoms with van der Waals surface area (Å²) in [5.74, 6) is -0.843. The van der Waals surface area contributed by atoms with Crippen molar-refractivity contribution in [3.63, 3.8) is 0 Å². The molecule has 3 aromatic rings. The van der Waals surface area contributed by atoms with Gasteiger partial charge in [0.15, 0.2) is 0 Å². The maximum Gasteiger partial charge on any atom is 0.335 e. The van der Waals surface area contributed by atoms with Crippen LogP contribution in [-0.2, 0) is 30.6 Å². The zero-order chi connectivity index (χ0) is 22.7. The van der Waals surface area contributed by atoms with Crippen LogP contribution in [0, 0.1) is 0 Å². The van der Waals surface area contributed by atoms with Crippen LogP contribution in [0.4, 0.5) is 5.69 Å². The second kappa shape index (κ2) is 9.61. The Labute approximate surface area is 193 Å². The Kier molecular flexibility index (Phi) is 6.66. The molecule has 1 amide bonds. The number of fused-ring (bicyclic) bond motifs is 1. The van der Waals surface area contributed by atoms with Crippen molar-refractivity contribution in [3.8, 4) is 0 Å². The number of carbonyl (C=O) groups is 2. The zero-order valence-corrected chi connectivity index (χ0v) is 19.2. The van der Waals surface area contributed by atoms with E-state index in [1.165, 1.54) is 16.7 Å². The molecular weight excluding hydrogens is 418 g/mol. The smallest absolute Gasteiger partial charge is 0.335 e. The van der Waals surface area contributed by atoms with Crippen LogP contribution >= 0.6 is 11.8 Å². The van der Waals surface area contributed by atoms with Gasteiger partial charge in [-0.2, -0.15) is 0 Å². The van der Waals surface area contributed by atoms with Gasteiger partial charge in [0.1, 0.15) is 0 Å². The van der Waals surface area contributed by atoms with Gasteiger partial charge in [-0.1, -0.05) is 56.3 Å². The Morgan fingerprint density at radius 3 is 2.22 bits per heavy atom. The van der Waals surface area contributed by atoms with Gasteiger partial charge in [0, 0.05) is 4.90 Å². The number of aryl methyl sites for hydroxylation is 2. The predicted molar refractivity (Wildman–Crippen MR) is 130 cm³/mol. The van der Waals surface area contributed by atoms with Crippen LogP contribution in [-0.4, -0.2) is 22.2 Å². The Bertz CT molecular complexity index is 1120. The molecule has 1 aliphatic rings. The predicted octanol–water partition coefficient (Wildman–Crippen LogP) is 5.76. The van der Waals surface area contributed by atoms with E-state index >= 15 is 0 Å². The van der Waals surface area contributed by atoms with Crippen LogP contribution in [0.15, 0.2) is 71.6 Å². The van der Waals surface area contributed by atoms with Crippen LogP contribution in [0.5, 0.6) is 0 Å². The first-order valence-electron chi connectivity index (χ1n) is 11.0. The molecule has 4 rings (SSSR count). The highest BCUT2D eigenvalue weighted by Gasteiger charge is 2.34. The molecule has 0 saturated carbocycles. The summed E-state index contributed by atoms with van der Waals surface area (Å²) in [5.41, 5.74) is 6.00. The molecule has 4 nitrogen and oxygen atoms in total. The lowest BCUT2D eigenvalue weighted by Gasteiger charge is -2.35. The molecule has 32 heavy (non-hydrogen) atoms. The number of anilines is 1. The van der Waals surface area contributed by atoms with Crippen molar-refractivity contribution in [2.75, 3.05) is 4.90 Å². The molecule has 5 heteroatoms. The molecule has 0 spiro atoms. The van der Waals surface area contributed by atoms with Crippen molar-refractivity contribution < 1.29 is 14.7 Å². The highest BCUT2D eigenvalue weighted by Crippen LogP contribution is 2.41. The van der Waals surface area contributed by atoms with Crippen molar-refractivity contribution in [2.24, 2.45) is 0 Å². The number of para-hydroxylation sites is 1. The summed E-state index contributed by atoms with van der Waals surface area (Å²) in [4.78, 5) is 27.9. The van der Waals surface area contributed by atoms with E-state index in [1.54, 1.807) is 23.9 Å². The Morgan fingerprint density at radius 2 is 1.59 bits per heavy atom. The third-order valence-electron chi connectivity index (χ3n) is 6.04. The topological polar surface area (TPSA) is 57.6 Å². The maximum atomic E-state index is 13.7. The van der Waals surface area contributed by atoms with Crippen molar-refractivity contribution in [1.82, 2.24) is 0 Å². The number of hydrogen-bond donors (Lipinski definition) is 1.